The number of sulfonamides is 1. The van der Waals surface area contributed by atoms with E-state index in [4.69, 9.17) is 5.73 Å². The predicted octanol–water partition coefficient (Wildman–Crippen LogP) is 1.82. The zero-order valence-electron chi connectivity index (χ0n) is 13.5. The zero-order valence-corrected chi connectivity index (χ0v) is 15.1. The molecule has 3 N–H and O–H groups in total. The van der Waals surface area contributed by atoms with Crippen LogP contribution in [0.15, 0.2) is 11.2 Å². The van der Waals surface area contributed by atoms with E-state index in [2.05, 4.69) is 16.6 Å². The minimum absolute atomic E-state index is 0. The Bertz CT molecular complexity index is 602. The van der Waals surface area contributed by atoms with Gasteiger partial charge in [-0.3, -0.25) is 0 Å². The van der Waals surface area contributed by atoms with Gasteiger partial charge in [0.05, 0.1) is 0 Å². The van der Waals surface area contributed by atoms with Gasteiger partial charge < -0.3 is 10.3 Å². The van der Waals surface area contributed by atoms with E-state index in [0.717, 1.165) is 25.7 Å². The smallest absolute Gasteiger partial charge is 0.260 e. The highest BCUT2D eigenvalue weighted by atomic mass is 35.5. The number of hydrogen-bond donors (Lipinski definition) is 2. The van der Waals surface area contributed by atoms with Crippen LogP contribution in [-0.2, 0) is 16.6 Å². The summed E-state index contributed by atoms with van der Waals surface area (Å²) in [7, 11) is -3.64. The van der Waals surface area contributed by atoms with Gasteiger partial charge >= 0.3 is 0 Å². The Morgan fingerprint density at radius 2 is 2.18 bits per heavy atom. The fraction of sp³-hybridized carbons (Fsp3) is 0.786. The van der Waals surface area contributed by atoms with Gasteiger partial charge in [-0.15, -0.1) is 12.4 Å². The van der Waals surface area contributed by atoms with Crippen LogP contribution in [-0.4, -0.2) is 30.1 Å². The molecule has 1 aromatic rings. The molecule has 128 valence electrons. The molecule has 0 amide bonds. The van der Waals surface area contributed by atoms with Crippen LogP contribution in [0.4, 0.5) is 0 Å². The first kappa shape index (κ1) is 19.4. The molecule has 0 bridgehead atoms. The van der Waals surface area contributed by atoms with Crippen molar-refractivity contribution >= 4 is 22.4 Å². The molecular weight excluding hydrogens is 324 g/mol. The Hall–Kier alpha value is -0.630. The summed E-state index contributed by atoms with van der Waals surface area (Å²) in [5.41, 5.74) is 5.38. The van der Waals surface area contributed by atoms with Crippen LogP contribution in [0.5, 0.6) is 0 Å². The number of imidazole rings is 1. The lowest BCUT2D eigenvalue weighted by Crippen LogP contribution is -2.59. The topological polar surface area (TPSA) is 90.0 Å². The van der Waals surface area contributed by atoms with Gasteiger partial charge in [-0.05, 0) is 32.6 Å². The van der Waals surface area contributed by atoms with Crippen molar-refractivity contribution in [1.29, 1.82) is 0 Å². The highest BCUT2D eigenvalue weighted by molar-refractivity contribution is 7.89. The molecule has 22 heavy (non-hydrogen) atoms. The number of nitrogens with two attached hydrogens (primary N) is 1. The molecule has 2 atom stereocenters. The SMILES string of the molecule is CCn1cc(S(=O)(=O)NC2(CN)CCCCC2C)nc1C.Cl. The van der Waals surface area contributed by atoms with Crippen molar-refractivity contribution in [3.63, 3.8) is 0 Å². The predicted molar refractivity (Wildman–Crippen MR) is 89.6 cm³/mol. The molecule has 0 saturated heterocycles. The first-order chi connectivity index (χ1) is 9.84. The molecule has 2 unspecified atom stereocenters. The average molecular weight is 351 g/mol. The molecule has 1 saturated carbocycles. The van der Waals surface area contributed by atoms with Crippen molar-refractivity contribution in [3.8, 4) is 0 Å². The van der Waals surface area contributed by atoms with Gasteiger partial charge in [0.2, 0.25) is 0 Å². The highest BCUT2D eigenvalue weighted by Gasteiger charge is 2.41. The summed E-state index contributed by atoms with van der Waals surface area (Å²) in [6.45, 7) is 6.87. The number of aromatic nitrogens is 2. The summed E-state index contributed by atoms with van der Waals surface area (Å²) in [5.74, 6) is 0.941. The van der Waals surface area contributed by atoms with Crippen molar-refractivity contribution in [2.75, 3.05) is 6.54 Å². The third kappa shape index (κ3) is 3.64. The van der Waals surface area contributed by atoms with Crippen molar-refractivity contribution < 1.29 is 8.42 Å². The van der Waals surface area contributed by atoms with Crippen molar-refractivity contribution in [3.05, 3.63) is 12.0 Å². The second-order valence-electron chi connectivity index (χ2n) is 6.02. The standard InChI is InChI=1S/C14H26N4O2S.ClH/c1-4-18-9-13(16-12(18)3)21(19,20)17-14(10-15)8-6-5-7-11(14)2;/h9,11,17H,4-8,10,15H2,1-3H3;1H. The lowest BCUT2D eigenvalue weighted by atomic mass is 9.74. The number of aryl methyl sites for hydroxylation is 2. The van der Waals surface area contributed by atoms with E-state index in [1.807, 2.05) is 18.4 Å². The molecule has 1 fully saturated rings. The van der Waals surface area contributed by atoms with Gasteiger partial charge in [0.1, 0.15) is 5.82 Å². The van der Waals surface area contributed by atoms with E-state index in [9.17, 15) is 8.42 Å². The number of hydrogen-bond acceptors (Lipinski definition) is 4. The second kappa shape index (κ2) is 7.29. The van der Waals surface area contributed by atoms with E-state index in [1.54, 1.807) is 6.20 Å². The largest absolute Gasteiger partial charge is 0.334 e. The minimum atomic E-state index is -3.64. The maximum Gasteiger partial charge on any atom is 0.260 e. The van der Waals surface area contributed by atoms with Gasteiger partial charge in [0, 0.05) is 24.8 Å². The monoisotopic (exact) mass is 350 g/mol. The van der Waals surface area contributed by atoms with E-state index < -0.39 is 15.6 Å². The van der Waals surface area contributed by atoms with E-state index in [-0.39, 0.29) is 23.4 Å². The van der Waals surface area contributed by atoms with Crippen molar-refractivity contribution in [2.45, 2.75) is 63.6 Å². The maximum absolute atomic E-state index is 12.6. The van der Waals surface area contributed by atoms with Crippen LogP contribution in [0.25, 0.3) is 0 Å². The van der Waals surface area contributed by atoms with Crippen LogP contribution in [0, 0.1) is 12.8 Å². The average Bonchev–Trinajstić information content (AvgIpc) is 2.83. The number of nitrogens with one attached hydrogen (secondary N) is 1. The van der Waals surface area contributed by atoms with Gasteiger partial charge in [-0.25, -0.2) is 18.1 Å². The molecule has 0 aromatic carbocycles. The lowest BCUT2D eigenvalue weighted by molar-refractivity contribution is 0.191. The molecule has 1 aliphatic rings. The molecule has 1 aromatic heterocycles. The second-order valence-corrected chi connectivity index (χ2v) is 7.65. The maximum atomic E-state index is 12.6. The van der Waals surface area contributed by atoms with E-state index in [1.165, 1.54) is 0 Å². The minimum Gasteiger partial charge on any atom is -0.334 e. The van der Waals surface area contributed by atoms with Crippen LogP contribution in [0.3, 0.4) is 0 Å². The van der Waals surface area contributed by atoms with Crippen LogP contribution >= 0.6 is 12.4 Å². The first-order valence-corrected chi connectivity index (χ1v) is 9.11. The van der Waals surface area contributed by atoms with Gasteiger partial charge in [-0.1, -0.05) is 19.8 Å². The summed E-state index contributed by atoms with van der Waals surface area (Å²) in [4.78, 5) is 4.18. The summed E-state index contributed by atoms with van der Waals surface area (Å²) >= 11 is 0. The molecule has 2 rings (SSSR count). The molecule has 0 spiro atoms. The van der Waals surface area contributed by atoms with Gasteiger partial charge in [-0.2, -0.15) is 0 Å². The summed E-state index contributed by atoms with van der Waals surface area (Å²) < 4.78 is 30.0. The van der Waals surface area contributed by atoms with Gasteiger partial charge in [0.25, 0.3) is 10.0 Å². The fourth-order valence-electron chi connectivity index (χ4n) is 3.16. The highest BCUT2D eigenvalue weighted by Crippen LogP contribution is 2.34. The van der Waals surface area contributed by atoms with Crippen molar-refractivity contribution in [1.82, 2.24) is 14.3 Å². The number of nitrogens with zero attached hydrogens (tertiary/aromatic N) is 2. The zero-order chi connectivity index (χ0) is 15.7. The molecule has 1 aliphatic carbocycles. The molecule has 8 heteroatoms. The third-order valence-electron chi connectivity index (χ3n) is 4.73. The Morgan fingerprint density at radius 1 is 1.50 bits per heavy atom. The molecule has 1 heterocycles. The van der Waals surface area contributed by atoms with Crippen molar-refractivity contribution in [2.24, 2.45) is 11.7 Å². The molecule has 6 nitrogen and oxygen atoms in total. The Labute approximate surface area is 139 Å². The van der Waals surface area contributed by atoms with E-state index in [0.29, 0.717) is 18.9 Å². The summed E-state index contributed by atoms with van der Waals surface area (Å²) in [6, 6.07) is 0. The van der Waals surface area contributed by atoms with Crippen LogP contribution in [0.1, 0.15) is 45.4 Å². The first-order valence-electron chi connectivity index (χ1n) is 7.62. The van der Waals surface area contributed by atoms with Gasteiger partial charge in [0.15, 0.2) is 5.03 Å². The summed E-state index contributed by atoms with van der Waals surface area (Å²) in [6.07, 6.45) is 5.52. The quantitative estimate of drug-likeness (QED) is 0.847. The van der Waals surface area contributed by atoms with Crippen LogP contribution in [0.2, 0.25) is 0 Å². The van der Waals surface area contributed by atoms with Crippen LogP contribution < -0.4 is 10.5 Å². The van der Waals surface area contributed by atoms with E-state index >= 15 is 0 Å². The third-order valence-corrected chi connectivity index (χ3v) is 6.15. The Kier molecular flexibility index (Phi) is 6.44. The molecule has 0 radical (unpaired) electrons. The molecular formula is C14H27ClN4O2S. The fourth-order valence-corrected chi connectivity index (χ4v) is 4.70. The Balaban J connectivity index is 0.00000242. The lowest BCUT2D eigenvalue weighted by Gasteiger charge is -2.42. The summed E-state index contributed by atoms with van der Waals surface area (Å²) in [5, 5.41) is 0.0902. The normalized spacial score (nSPS) is 25.7. The molecule has 0 aliphatic heterocycles. The number of rotatable bonds is 5. The number of halogens is 1. The Morgan fingerprint density at radius 3 is 2.68 bits per heavy atom.